The second-order valence-corrected chi connectivity index (χ2v) is 6.29. The predicted molar refractivity (Wildman–Crippen MR) is 102 cm³/mol. The summed E-state index contributed by atoms with van der Waals surface area (Å²) in [5, 5.41) is 13.9. The highest BCUT2D eigenvalue weighted by Gasteiger charge is 2.17. The summed E-state index contributed by atoms with van der Waals surface area (Å²) in [4.78, 5) is 24.7. The zero-order valence-electron chi connectivity index (χ0n) is 14.4. The summed E-state index contributed by atoms with van der Waals surface area (Å²) >= 11 is 5.75. The first-order valence-corrected chi connectivity index (χ1v) is 8.70. The van der Waals surface area contributed by atoms with Crippen molar-refractivity contribution in [1.82, 2.24) is 0 Å². The van der Waals surface area contributed by atoms with Crippen LogP contribution >= 0.6 is 11.6 Å². The number of nitro groups is 1. The standard InChI is InChI=1S/C18H18ClN3O5/c19-13-1-6-17(16(11-13)22(24)25)27-12-18(23)20-14-2-4-15(5-3-14)21-7-9-26-10-8-21/h1-6,11H,7-10,12H2,(H,20,23). The van der Waals surface area contributed by atoms with Gasteiger partial charge < -0.3 is 19.7 Å². The Morgan fingerprint density at radius 2 is 1.93 bits per heavy atom. The third-order valence-electron chi connectivity index (χ3n) is 4.00. The van der Waals surface area contributed by atoms with Crippen molar-refractivity contribution in [1.29, 1.82) is 0 Å². The summed E-state index contributed by atoms with van der Waals surface area (Å²) in [7, 11) is 0. The van der Waals surface area contributed by atoms with E-state index in [1.165, 1.54) is 18.2 Å². The lowest BCUT2D eigenvalue weighted by Gasteiger charge is -2.28. The van der Waals surface area contributed by atoms with Crippen molar-refractivity contribution in [2.75, 3.05) is 43.1 Å². The number of benzene rings is 2. The highest BCUT2D eigenvalue weighted by Crippen LogP contribution is 2.29. The van der Waals surface area contributed by atoms with Crippen molar-refractivity contribution in [2.45, 2.75) is 0 Å². The first-order chi connectivity index (χ1) is 13.0. The van der Waals surface area contributed by atoms with E-state index < -0.39 is 10.8 Å². The number of carbonyl (C=O) groups is 1. The van der Waals surface area contributed by atoms with Crippen molar-refractivity contribution in [3.05, 3.63) is 57.6 Å². The van der Waals surface area contributed by atoms with Crippen molar-refractivity contribution >= 4 is 34.6 Å². The summed E-state index contributed by atoms with van der Waals surface area (Å²) in [6.45, 7) is 2.71. The Morgan fingerprint density at radius 1 is 1.22 bits per heavy atom. The second-order valence-electron chi connectivity index (χ2n) is 5.85. The number of hydrogen-bond donors (Lipinski definition) is 1. The first-order valence-electron chi connectivity index (χ1n) is 8.32. The number of nitro benzene ring substituents is 1. The van der Waals surface area contributed by atoms with Crippen molar-refractivity contribution in [3.8, 4) is 5.75 Å². The van der Waals surface area contributed by atoms with E-state index in [1.807, 2.05) is 12.1 Å². The Balaban J connectivity index is 1.56. The van der Waals surface area contributed by atoms with E-state index in [9.17, 15) is 14.9 Å². The van der Waals surface area contributed by atoms with Crippen LogP contribution in [0.5, 0.6) is 5.75 Å². The molecule has 142 valence electrons. The van der Waals surface area contributed by atoms with E-state index in [0.717, 1.165) is 18.8 Å². The highest BCUT2D eigenvalue weighted by molar-refractivity contribution is 6.30. The zero-order valence-corrected chi connectivity index (χ0v) is 15.1. The molecule has 0 atom stereocenters. The molecule has 3 rings (SSSR count). The third kappa shape index (κ3) is 5.08. The van der Waals surface area contributed by atoms with Gasteiger partial charge in [-0.15, -0.1) is 0 Å². The van der Waals surface area contributed by atoms with Gasteiger partial charge in [0.25, 0.3) is 5.91 Å². The molecule has 0 saturated carbocycles. The highest BCUT2D eigenvalue weighted by atomic mass is 35.5. The van der Waals surface area contributed by atoms with Crippen LogP contribution in [-0.4, -0.2) is 43.7 Å². The fraction of sp³-hybridized carbons (Fsp3) is 0.278. The normalized spacial score (nSPS) is 13.9. The molecule has 1 aliphatic rings. The number of nitrogens with zero attached hydrogens (tertiary/aromatic N) is 2. The molecule has 0 radical (unpaired) electrons. The van der Waals surface area contributed by atoms with Gasteiger partial charge in [-0.1, -0.05) is 11.6 Å². The van der Waals surface area contributed by atoms with Crippen molar-refractivity contribution in [2.24, 2.45) is 0 Å². The van der Waals surface area contributed by atoms with Crippen LogP contribution in [0.3, 0.4) is 0 Å². The molecule has 1 aliphatic heterocycles. The number of halogens is 1. The van der Waals surface area contributed by atoms with Gasteiger partial charge in [0.15, 0.2) is 12.4 Å². The summed E-state index contributed by atoms with van der Waals surface area (Å²) in [5.74, 6) is -0.430. The number of hydrogen-bond acceptors (Lipinski definition) is 6. The number of carbonyl (C=O) groups excluding carboxylic acids is 1. The number of morpholine rings is 1. The molecular weight excluding hydrogens is 374 g/mol. The topological polar surface area (TPSA) is 93.9 Å². The monoisotopic (exact) mass is 391 g/mol. The zero-order chi connectivity index (χ0) is 19.2. The minimum absolute atomic E-state index is 0.0118. The number of nitrogens with one attached hydrogen (secondary N) is 1. The number of ether oxygens (including phenoxy) is 2. The van der Waals surface area contributed by atoms with Gasteiger partial charge in [0, 0.05) is 35.6 Å². The molecule has 8 nitrogen and oxygen atoms in total. The van der Waals surface area contributed by atoms with Crippen LogP contribution in [0.2, 0.25) is 5.02 Å². The molecule has 1 N–H and O–H groups in total. The summed E-state index contributed by atoms with van der Waals surface area (Å²) < 4.78 is 10.6. The van der Waals surface area contributed by atoms with E-state index in [4.69, 9.17) is 21.1 Å². The van der Waals surface area contributed by atoms with Crippen LogP contribution in [0.15, 0.2) is 42.5 Å². The van der Waals surface area contributed by atoms with Crippen LogP contribution < -0.4 is 15.0 Å². The van der Waals surface area contributed by atoms with Gasteiger partial charge in [-0.05, 0) is 36.4 Å². The summed E-state index contributed by atoms with van der Waals surface area (Å²) in [5.41, 5.74) is 1.39. The second kappa shape index (κ2) is 8.70. The first kappa shape index (κ1) is 18.9. The SMILES string of the molecule is O=C(COc1ccc(Cl)cc1[N+](=O)[O-])Nc1ccc(N2CCOCC2)cc1. The Bertz CT molecular complexity index is 822. The molecule has 1 amide bonds. The molecule has 1 fully saturated rings. The van der Waals surface area contributed by atoms with E-state index in [-0.39, 0.29) is 23.1 Å². The summed E-state index contributed by atoms with van der Waals surface area (Å²) in [6, 6.07) is 11.5. The van der Waals surface area contributed by atoms with Crippen LogP contribution in [0.4, 0.5) is 17.1 Å². The van der Waals surface area contributed by atoms with Gasteiger partial charge in [-0.25, -0.2) is 0 Å². The molecule has 0 bridgehead atoms. The molecule has 0 unspecified atom stereocenters. The lowest BCUT2D eigenvalue weighted by molar-refractivity contribution is -0.385. The van der Waals surface area contributed by atoms with Gasteiger partial charge in [0.05, 0.1) is 18.1 Å². The average molecular weight is 392 g/mol. The number of amides is 1. The molecule has 9 heteroatoms. The fourth-order valence-electron chi connectivity index (χ4n) is 2.67. The maximum atomic E-state index is 12.1. The maximum Gasteiger partial charge on any atom is 0.312 e. The Kier molecular flexibility index (Phi) is 6.10. The Morgan fingerprint density at radius 3 is 2.59 bits per heavy atom. The van der Waals surface area contributed by atoms with Crippen LogP contribution in [-0.2, 0) is 9.53 Å². The van der Waals surface area contributed by atoms with Gasteiger partial charge in [0.1, 0.15) is 0 Å². The quantitative estimate of drug-likeness (QED) is 0.600. The van der Waals surface area contributed by atoms with E-state index in [0.29, 0.717) is 18.9 Å². The molecule has 0 spiro atoms. The minimum Gasteiger partial charge on any atom is -0.477 e. The van der Waals surface area contributed by atoms with E-state index in [1.54, 1.807) is 12.1 Å². The van der Waals surface area contributed by atoms with Crippen molar-refractivity contribution in [3.63, 3.8) is 0 Å². The third-order valence-corrected chi connectivity index (χ3v) is 4.24. The van der Waals surface area contributed by atoms with E-state index >= 15 is 0 Å². The fourth-order valence-corrected chi connectivity index (χ4v) is 2.84. The molecule has 1 heterocycles. The minimum atomic E-state index is -0.608. The van der Waals surface area contributed by atoms with E-state index in [2.05, 4.69) is 10.2 Å². The lowest BCUT2D eigenvalue weighted by atomic mass is 10.2. The van der Waals surface area contributed by atoms with Crippen LogP contribution in [0.1, 0.15) is 0 Å². The Labute approximate surface area is 160 Å². The maximum absolute atomic E-state index is 12.1. The molecule has 2 aromatic carbocycles. The van der Waals surface area contributed by atoms with Gasteiger partial charge in [-0.3, -0.25) is 14.9 Å². The molecule has 2 aromatic rings. The van der Waals surface area contributed by atoms with Gasteiger partial charge in [0.2, 0.25) is 0 Å². The van der Waals surface area contributed by atoms with Gasteiger partial charge >= 0.3 is 5.69 Å². The Hall–Kier alpha value is -2.84. The number of rotatable bonds is 6. The molecule has 27 heavy (non-hydrogen) atoms. The smallest absolute Gasteiger partial charge is 0.312 e. The lowest BCUT2D eigenvalue weighted by Crippen LogP contribution is -2.36. The molecular formula is C18H18ClN3O5. The molecule has 0 aliphatic carbocycles. The largest absolute Gasteiger partial charge is 0.477 e. The average Bonchev–Trinajstić information content (AvgIpc) is 2.68. The summed E-state index contributed by atoms with van der Waals surface area (Å²) in [6.07, 6.45) is 0. The van der Waals surface area contributed by atoms with Gasteiger partial charge in [-0.2, -0.15) is 0 Å². The van der Waals surface area contributed by atoms with Crippen molar-refractivity contribution < 1.29 is 19.2 Å². The van der Waals surface area contributed by atoms with Crippen LogP contribution in [0.25, 0.3) is 0 Å². The number of anilines is 2. The van der Waals surface area contributed by atoms with Crippen LogP contribution in [0, 0.1) is 10.1 Å². The molecule has 0 aromatic heterocycles. The molecule has 1 saturated heterocycles. The predicted octanol–water partition coefficient (Wildman–Crippen LogP) is 3.10.